The quantitative estimate of drug-likeness (QED) is 0.519. The fraction of sp³-hybridized carbons (Fsp3) is 0.211. The lowest BCUT2D eigenvalue weighted by Crippen LogP contribution is -2.02. The number of carbonyl (C=O) groups is 1. The zero-order chi connectivity index (χ0) is 19.1. The molecule has 0 amide bonds. The number of alkyl halides is 2. The summed E-state index contributed by atoms with van der Waals surface area (Å²) in [5.41, 5.74) is 1.01. The monoisotopic (exact) mass is 364 g/mol. The molecule has 138 valence electrons. The number of rotatable bonds is 8. The van der Waals surface area contributed by atoms with Crippen molar-refractivity contribution >= 4 is 11.9 Å². The molecule has 5 nitrogen and oxygen atoms in total. The lowest BCUT2D eigenvalue weighted by Gasteiger charge is -2.12. The molecule has 26 heavy (non-hydrogen) atoms. The summed E-state index contributed by atoms with van der Waals surface area (Å²) in [6, 6.07) is 8.86. The molecule has 0 saturated heterocycles. The van der Waals surface area contributed by atoms with Crippen LogP contribution in [0.1, 0.15) is 15.9 Å². The summed E-state index contributed by atoms with van der Waals surface area (Å²) < 4.78 is 44.3. The number of allylic oxidation sites excluding steroid dienone is 1. The Morgan fingerprint density at radius 3 is 2.00 bits per heavy atom. The number of hydrogen-bond donors (Lipinski definition) is 0. The van der Waals surface area contributed by atoms with Crippen LogP contribution in [0.4, 0.5) is 8.78 Å². The highest BCUT2D eigenvalue weighted by atomic mass is 19.3. The summed E-state index contributed by atoms with van der Waals surface area (Å²) in [6.45, 7) is -2.91. The Bertz CT molecular complexity index is 760. The molecule has 0 aromatic heterocycles. The van der Waals surface area contributed by atoms with Gasteiger partial charge in [0.2, 0.25) is 5.75 Å². The summed E-state index contributed by atoms with van der Waals surface area (Å²) >= 11 is 0. The van der Waals surface area contributed by atoms with Gasteiger partial charge in [-0.25, -0.2) is 0 Å². The Morgan fingerprint density at radius 2 is 1.54 bits per heavy atom. The predicted octanol–water partition coefficient (Wildman–Crippen LogP) is 4.21. The highest BCUT2D eigenvalue weighted by Crippen LogP contribution is 2.38. The molecule has 0 heterocycles. The zero-order valence-electron chi connectivity index (χ0n) is 14.5. The molecule has 0 radical (unpaired) electrons. The molecule has 0 aliphatic carbocycles. The summed E-state index contributed by atoms with van der Waals surface area (Å²) in [5, 5.41) is 0. The van der Waals surface area contributed by atoms with Gasteiger partial charge in [-0.3, -0.25) is 4.79 Å². The van der Waals surface area contributed by atoms with Crippen LogP contribution in [-0.4, -0.2) is 33.7 Å². The van der Waals surface area contributed by atoms with E-state index in [4.69, 9.17) is 14.2 Å². The van der Waals surface area contributed by atoms with Crippen LogP contribution in [0.2, 0.25) is 0 Å². The molecule has 0 unspecified atom stereocenters. The largest absolute Gasteiger partial charge is 0.493 e. The molecule has 0 atom stereocenters. The summed E-state index contributed by atoms with van der Waals surface area (Å²) in [5.74, 6) is 1.08. The highest BCUT2D eigenvalue weighted by molar-refractivity contribution is 6.06. The first-order valence-corrected chi connectivity index (χ1v) is 7.55. The molecule has 2 aromatic carbocycles. The van der Waals surface area contributed by atoms with Crippen LogP contribution < -0.4 is 18.9 Å². The van der Waals surface area contributed by atoms with Crippen LogP contribution in [0.5, 0.6) is 23.0 Å². The molecule has 2 rings (SSSR count). The van der Waals surface area contributed by atoms with E-state index in [1.54, 1.807) is 18.2 Å². The molecule has 0 saturated carbocycles. The van der Waals surface area contributed by atoms with Gasteiger partial charge in [-0.2, -0.15) is 8.78 Å². The van der Waals surface area contributed by atoms with Gasteiger partial charge >= 0.3 is 6.61 Å². The molecular formula is C19H18F2O5. The van der Waals surface area contributed by atoms with E-state index in [9.17, 15) is 13.6 Å². The number of hydrogen-bond acceptors (Lipinski definition) is 5. The van der Waals surface area contributed by atoms with Crippen molar-refractivity contribution in [1.82, 2.24) is 0 Å². The topological polar surface area (TPSA) is 54.0 Å². The molecule has 0 bridgehead atoms. The van der Waals surface area contributed by atoms with Gasteiger partial charge in [0.05, 0.1) is 21.3 Å². The van der Waals surface area contributed by atoms with E-state index >= 15 is 0 Å². The SMILES string of the molecule is COc1cc(C=CC(=O)c2ccc(OC(F)F)cc2)cc(OC)c1OC. The molecule has 2 aromatic rings. The van der Waals surface area contributed by atoms with Gasteiger partial charge in [0.1, 0.15) is 5.75 Å². The van der Waals surface area contributed by atoms with Crippen LogP contribution in [0, 0.1) is 0 Å². The Labute approximate surface area is 149 Å². The van der Waals surface area contributed by atoms with E-state index in [0.29, 0.717) is 28.4 Å². The fourth-order valence-corrected chi connectivity index (χ4v) is 2.27. The third kappa shape index (κ3) is 4.72. The number of ketones is 1. The molecule has 0 fully saturated rings. The minimum absolute atomic E-state index is 0.00911. The van der Waals surface area contributed by atoms with Crippen molar-refractivity contribution in [3.63, 3.8) is 0 Å². The summed E-state index contributed by atoms with van der Waals surface area (Å²) in [6.07, 6.45) is 2.96. The maximum Gasteiger partial charge on any atom is 0.387 e. The summed E-state index contributed by atoms with van der Waals surface area (Å²) in [7, 11) is 4.50. The number of halogens is 2. The highest BCUT2D eigenvalue weighted by Gasteiger charge is 2.12. The Balaban J connectivity index is 2.19. The first-order chi connectivity index (χ1) is 12.5. The number of carbonyl (C=O) groups excluding carboxylic acids is 1. The first-order valence-electron chi connectivity index (χ1n) is 7.55. The van der Waals surface area contributed by atoms with Crippen molar-refractivity contribution in [1.29, 1.82) is 0 Å². The van der Waals surface area contributed by atoms with Crippen LogP contribution in [0.3, 0.4) is 0 Å². The van der Waals surface area contributed by atoms with Crippen molar-refractivity contribution in [2.24, 2.45) is 0 Å². The second-order valence-corrected chi connectivity index (χ2v) is 5.06. The minimum Gasteiger partial charge on any atom is -0.493 e. The third-order valence-corrected chi connectivity index (χ3v) is 3.48. The van der Waals surface area contributed by atoms with E-state index in [2.05, 4.69) is 4.74 Å². The second kappa shape index (κ2) is 8.84. The summed E-state index contributed by atoms with van der Waals surface area (Å²) in [4.78, 5) is 12.2. The Morgan fingerprint density at radius 1 is 0.962 bits per heavy atom. The molecule has 0 aliphatic heterocycles. The molecule has 0 aliphatic rings. The molecule has 7 heteroatoms. The lowest BCUT2D eigenvalue weighted by atomic mass is 10.1. The predicted molar refractivity (Wildman–Crippen MR) is 92.5 cm³/mol. The van der Waals surface area contributed by atoms with Gasteiger partial charge < -0.3 is 18.9 Å². The van der Waals surface area contributed by atoms with Crippen molar-refractivity contribution in [2.45, 2.75) is 6.61 Å². The van der Waals surface area contributed by atoms with E-state index in [1.807, 2.05) is 0 Å². The van der Waals surface area contributed by atoms with Gasteiger partial charge in [0, 0.05) is 5.56 Å². The van der Waals surface area contributed by atoms with Crippen molar-refractivity contribution < 1.29 is 32.5 Å². The first kappa shape index (κ1) is 19.2. The fourth-order valence-electron chi connectivity index (χ4n) is 2.27. The minimum atomic E-state index is -2.91. The standard InChI is InChI=1S/C19H18F2O5/c1-23-16-10-12(11-17(24-2)18(16)25-3)4-9-15(22)13-5-7-14(8-6-13)26-19(20)21/h4-11,19H,1-3H3. The molecule has 0 N–H and O–H groups in total. The maximum absolute atomic E-state index is 12.2. The Kier molecular flexibility index (Phi) is 6.54. The molecular weight excluding hydrogens is 346 g/mol. The second-order valence-electron chi connectivity index (χ2n) is 5.06. The van der Waals surface area contributed by atoms with Crippen LogP contribution >= 0.6 is 0 Å². The number of benzene rings is 2. The van der Waals surface area contributed by atoms with Gasteiger partial charge in [-0.1, -0.05) is 6.08 Å². The third-order valence-electron chi connectivity index (χ3n) is 3.48. The van der Waals surface area contributed by atoms with Crippen molar-refractivity contribution in [3.8, 4) is 23.0 Å². The Hall–Kier alpha value is -3.09. The maximum atomic E-state index is 12.2. The van der Waals surface area contributed by atoms with Crippen molar-refractivity contribution in [3.05, 3.63) is 53.6 Å². The van der Waals surface area contributed by atoms with Gasteiger partial charge in [0.15, 0.2) is 17.3 Å². The van der Waals surface area contributed by atoms with Crippen LogP contribution in [-0.2, 0) is 0 Å². The van der Waals surface area contributed by atoms with Crippen LogP contribution in [0.15, 0.2) is 42.5 Å². The molecule has 0 spiro atoms. The van der Waals surface area contributed by atoms with E-state index < -0.39 is 6.61 Å². The lowest BCUT2D eigenvalue weighted by molar-refractivity contribution is -0.0498. The van der Waals surface area contributed by atoms with Gasteiger partial charge in [-0.05, 0) is 48.0 Å². The van der Waals surface area contributed by atoms with E-state index in [-0.39, 0.29) is 11.5 Å². The van der Waals surface area contributed by atoms with Gasteiger partial charge in [-0.15, -0.1) is 0 Å². The average molecular weight is 364 g/mol. The van der Waals surface area contributed by atoms with E-state index in [1.165, 1.54) is 51.7 Å². The number of ether oxygens (including phenoxy) is 4. The average Bonchev–Trinajstić information content (AvgIpc) is 2.65. The zero-order valence-corrected chi connectivity index (χ0v) is 14.5. The van der Waals surface area contributed by atoms with E-state index in [0.717, 1.165) is 0 Å². The normalized spacial score (nSPS) is 10.8. The number of methoxy groups -OCH3 is 3. The van der Waals surface area contributed by atoms with Gasteiger partial charge in [0.25, 0.3) is 0 Å². The van der Waals surface area contributed by atoms with Crippen molar-refractivity contribution in [2.75, 3.05) is 21.3 Å². The van der Waals surface area contributed by atoms with Crippen LogP contribution in [0.25, 0.3) is 6.08 Å². The smallest absolute Gasteiger partial charge is 0.387 e.